The average molecular weight is 299 g/mol. The van der Waals surface area contributed by atoms with Gasteiger partial charge in [0.2, 0.25) is 0 Å². The van der Waals surface area contributed by atoms with Crippen LogP contribution in [0.4, 0.5) is 0 Å². The Balaban J connectivity index is 2.17. The van der Waals surface area contributed by atoms with E-state index >= 15 is 0 Å². The molecule has 4 heteroatoms. The number of ether oxygens (including phenoxy) is 1. The molecule has 0 spiro atoms. The highest BCUT2D eigenvalue weighted by atomic mass is 16.5. The molecule has 1 atom stereocenters. The fraction of sp³-hybridized carbons (Fsp3) is 0.941. The molecular weight excluding hydrogens is 264 g/mol. The van der Waals surface area contributed by atoms with Crippen molar-refractivity contribution in [1.29, 1.82) is 0 Å². The van der Waals surface area contributed by atoms with Gasteiger partial charge in [-0.1, -0.05) is 39.0 Å². The lowest BCUT2D eigenvalue weighted by molar-refractivity contribution is -0.919. The van der Waals surface area contributed by atoms with Crippen molar-refractivity contribution in [3.8, 4) is 0 Å². The molecule has 1 aliphatic heterocycles. The zero-order valence-corrected chi connectivity index (χ0v) is 14.4. The van der Waals surface area contributed by atoms with Gasteiger partial charge in [0.25, 0.3) is 0 Å². The number of hydrogen-bond acceptors (Lipinski definition) is 3. The van der Waals surface area contributed by atoms with Gasteiger partial charge in [0.1, 0.15) is 13.4 Å². The van der Waals surface area contributed by atoms with E-state index in [0.29, 0.717) is 6.73 Å². The van der Waals surface area contributed by atoms with Crippen molar-refractivity contribution in [1.82, 2.24) is 4.90 Å². The van der Waals surface area contributed by atoms with Crippen LogP contribution in [0.3, 0.4) is 0 Å². The number of quaternary nitrogens is 1. The first-order valence-electron chi connectivity index (χ1n) is 8.82. The second kappa shape index (κ2) is 10.2. The Morgan fingerprint density at radius 3 is 2.38 bits per heavy atom. The van der Waals surface area contributed by atoms with Crippen molar-refractivity contribution in [2.24, 2.45) is 0 Å². The van der Waals surface area contributed by atoms with Crippen molar-refractivity contribution < 1.29 is 14.0 Å². The summed E-state index contributed by atoms with van der Waals surface area (Å²) in [5.74, 6) is -0.177. The molecule has 0 aliphatic carbocycles. The minimum Gasteiger partial charge on any atom is -0.449 e. The van der Waals surface area contributed by atoms with Gasteiger partial charge in [0, 0.05) is 6.92 Å². The maximum Gasteiger partial charge on any atom is 0.303 e. The van der Waals surface area contributed by atoms with Gasteiger partial charge in [-0.25, -0.2) is 4.90 Å². The summed E-state index contributed by atoms with van der Waals surface area (Å²) in [4.78, 5) is 13.2. The smallest absolute Gasteiger partial charge is 0.303 e. The van der Waals surface area contributed by atoms with Crippen LogP contribution in [0.15, 0.2) is 0 Å². The fourth-order valence-electron chi connectivity index (χ4n) is 3.21. The highest BCUT2D eigenvalue weighted by Gasteiger charge is 2.34. The molecule has 0 aromatic heterocycles. The number of carbonyl (C=O) groups excluding carboxylic acids is 1. The van der Waals surface area contributed by atoms with Crippen LogP contribution < -0.4 is 0 Å². The number of unbranched alkanes of at least 4 members (excludes halogenated alkanes) is 6. The van der Waals surface area contributed by atoms with Gasteiger partial charge in [-0.15, -0.1) is 0 Å². The van der Waals surface area contributed by atoms with Crippen LogP contribution in [-0.2, 0) is 9.53 Å². The third kappa shape index (κ3) is 7.28. The van der Waals surface area contributed by atoms with Crippen molar-refractivity contribution in [2.45, 2.75) is 65.7 Å². The lowest BCUT2D eigenvalue weighted by Crippen LogP contribution is -2.47. The van der Waals surface area contributed by atoms with Gasteiger partial charge >= 0.3 is 5.97 Å². The van der Waals surface area contributed by atoms with Gasteiger partial charge in [0.05, 0.1) is 26.2 Å². The van der Waals surface area contributed by atoms with Gasteiger partial charge in [0.15, 0.2) is 0 Å². The molecule has 1 saturated heterocycles. The lowest BCUT2D eigenvalue weighted by atomic mass is 10.1. The summed E-state index contributed by atoms with van der Waals surface area (Å²) in [5.41, 5.74) is 0. The van der Waals surface area contributed by atoms with E-state index in [0.717, 1.165) is 13.2 Å². The molecule has 0 aromatic rings. The van der Waals surface area contributed by atoms with Crippen LogP contribution in [0.25, 0.3) is 0 Å². The number of likely N-dealkylation sites (N-methyl/N-ethyl adjacent to an activating group) is 1. The third-order valence-electron chi connectivity index (χ3n) is 4.75. The molecule has 21 heavy (non-hydrogen) atoms. The molecule has 124 valence electrons. The number of hydrogen-bond donors (Lipinski definition) is 0. The number of carbonyl (C=O) groups is 1. The van der Waals surface area contributed by atoms with Gasteiger partial charge in [-0.3, -0.25) is 4.79 Å². The maximum atomic E-state index is 10.9. The molecule has 1 rings (SSSR count). The Labute approximate surface area is 131 Å². The molecule has 1 fully saturated rings. The highest BCUT2D eigenvalue weighted by molar-refractivity contribution is 5.65. The monoisotopic (exact) mass is 299 g/mol. The number of esters is 1. The Hall–Kier alpha value is -0.610. The molecule has 1 aliphatic rings. The summed E-state index contributed by atoms with van der Waals surface area (Å²) in [6.45, 7) is 12.3. The van der Waals surface area contributed by atoms with E-state index in [1.54, 1.807) is 0 Å². The van der Waals surface area contributed by atoms with Crippen molar-refractivity contribution in [3.05, 3.63) is 0 Å². The van der Waals surface area contributed by atoms with Crippen LogP contribution >= 0.6 is 0 Å². The van der Waals surface area contributed by atoms with Crippen molar-refractivity contribution >= 4 is 5.97 Å². The maximum absolute atomic E-state index is 10.9. The molecule has 0 amide bonds. The highest BCUT2D eigenvalue weighted by Crippen LogP contribution is 2.18. The van der Waals surface area contributed by atoms with Gasteiger partial charge in [-0.05, 0) is 19.8 Å². The van der Waals surface area contributed by atoms with E-state index in [2.05, 4.69) is 18.7 Å². The first-order valence-corrected chi connectivity index (χ1v) is 8.82. The fourth-order valence-corrected chi connectivity index (χ4v) is 3.21. The van der Waals surface area contributed by atoms with Crippen molar-refractivity contribution in [2.75, 3.05) is 39.6 Å². The summed E-state index contributed by atoms with van der Waals surface area (Å²) < 4.78 is 6.30. The molecule has 0 radical (unpaired) electrons. The minimum absolute atomic E-state index is 0.177. The molecule has 0 aromatic carbocycles. The summed E-state index contributed by atoms with van der Waals surface area (Å²) in [6.07, 6.45) is 9.61. The minimum atomic E-state index is -0.177. The quantitative estimate of drug-likeness (QED) is 0.333. The standard InChI is InChI=1S/C17H35N2O2/c1-4-6-7-8-9-10-11-13-19(5-2)14-12-18(15-19)16-21-17(3)20/h4-16H2,1-3H3/q+1. The van der Waals surface area contributed by atoms with Crippen LogP contribution in [0.2, 0.25) is 0 Å². The van der Waals surface area contributed by atoms with Crippen molar-refractivity contribution in [3.63, 3.8) is 0 Å². The SMILES string of the molecule is CCCCCCCCC[N+]1(CC)CCN(COC(C)=O)C1. The Kier molecular flexibility index (Phi) is 8.93. The van der Waals surface area contributed by atoms with Crippen LogP contribution in [-0.4, -0.2) is 54.9 Å². The zero-order valence-electron chi connectivity index (χ0n) is 14.4. The second-order valence-corrected chi connectivity index (χ2v) is 6.53. The van der Waals surface area contributed by atoms with E-state index in [4.69, 9.17) is 4.74 Å². The van der Waals surface area contributed by atoms with E-state index in [1.165, 1.54) is 76.0 Å². The third-order valence-corrected chi connectivity index (χ3v) is 4.75. The van der Waals surface area contributed by atoms with E-state index < -0.39 is 0 Å². The predicted octanol–water partition coefficient (Wildman–Crippen LogP) is 3.37. The molecule has 0 N–H and O–H groups in total. The lowest BCUT2D eigenvalue weighted by Gasteiger charge is -2.33. The van der Waals surface area contributed by atoms with Crippen LogP contribution in [0, 0.1) is 0 Å². The van der Waals surface area contributed by atoms with E-state index in [1.807, 2.05) is 0 Å². The zero-order chi connectivity index (χ0) is 15.6. The summed E-state index contributed by atoms with van der Waals surface area (Å²) in [7, 11) is 0. The molecule has 1 heterocycles. The first kappa shape index (κ1) is 18.4. The van der Waals surface area contributed by atoms with E-state index in [9.17, 15) is 4.79 Å². The summed E-state index contributed by atoms with van der Waals surface area (Å²) in [5, 5.41) is 0. The largest absolute Gasteiger partial charge is 0.449 e. The average Bonchev–Trinajstić information content (AvgIpc) is 2.88. The van der Waals surface area contributed by atoms with Crippen LogP contribution in [0.5, 0.6) is 0 Å². The van der Waals surface area contributed by atoms with Gasteiger partial charge < -0.3 is 9.22 Å². The molecule has 0 saturated carbocycles. The predicted molar refractivity (Wildman–Crippen MR) is 86.7 cm³/mol. The summed E-state index contributed by atoms with van der Waals surface area (Å²) in [6, 6.07) is 0. The molecule has 1 unspecified atom stereocenters. The first-order chi connectivity index (χ1) is 10.1. The normalized spacial score (nSPS) is 22.6. The Bertz CT molecular complexity index is 297. The topological polar surface area (TPSA) is 29.5 Å². The summed E-state index contributed by atoms with van der Waals surface area (Å²) >= 11 is 0. The number of nitrogens with zero attached hydrogens (tertiary/aromatic N) is 2. The van der Waals surface area contributed by atoms with Crippen LogP contribution in [0.1, 0.15) is 65.7 Å². The Morgan fingerprint density at radius 1 is 1.10 bits per heavy atom. The number of rotatable bonds is 11. The molecule has 4 nitrogen and oxygen atoms in total. The molecular formula is C17H35N2O2+. The second-order valence-electron chi connectivity index (χ2n) is 6.53. The Morgan fingerprint density at radius 2 is 1.76 bits per heavy atom. The van der Waals surface area contributed by atoms with E-state index in [-0.39, 0.29) is 5.97 Å². The van der Waals surface area contributed by atoms with Gasteiger partial charge in [-0.2, -0.15) is 0 Å². The molecule has 0 bridgehead atoms.